The molecule has 1 aliphatic heterocycles. The van der Waals surface area contributed by atoms with E-state index in [4.69, 9.17) is 11.5 Å². The number of primary amides is 1. The number of carbonyl (C=O) groups is 1. The van der Waals surface area contributed by atoms with Crippen molar-refractivity contribution in [2.45, 2.75) is 24.6 Å². The Kier molecular flexibility index (Phi) is 5.44. The number of amidine groups is 1. The van der Waals surface area contributed by atoms with Crippen molar-refractivity contribution in [1.29, 1.82) is 0 Å². The number of halogens is 6. The number of hydrogen-bond donors (Lipinski definition) is 2. The molecule has 0 saturated carbocycles. The highest BCUT2D eigenvalue weighted by molar-refractivity contribution is 6.01. The maximum Gasteiger partial charge on any atom is 0.456 e. The van der Waals surface area contributed by atoms with Crippen LogP contribution in [0.1, 0.15) is 12.0 Å². The van der Waals surface area contributed by atoms with Gasteiger partial charge in [-0.05, 0) is 24.1 Å². The number of benzene rings is 1. The van der Waals surface area contributed by atoms with Crippen LogP contribution in [0.2, 0.25) is 0 Å². The summed E-state index contributed by atoms with van der Waals surface area (Å²) in [4.78, 5) is 11.3. The predicted molar refractivity (Wildman–Crippen MR) is 94.9 cm³/mol. The summed E-state index contributed by atoms with van der Waals surface area (Å²) < 4.78 is 82.0. The molecule has 3 rings (SSSR count). The van der Waals surface area contributed by atoms with Crippen molar-refractivity contribution in [1.82, 2.24) is 5.01 Å². The number of nitrogens with zero attached hydrogens (tertiary/aromatic N) is 2. The van der Waals surface area contributed by atoms with E-state index in [0.29, 0.717) is 11.1 Å². The number of hydrazone groups is 1. The number of ether oxygens (including phenoxy) is 1. The highest BCUT2D eigenvalue weighted by Crippen LogP contribution is 2.39. The van der Waals surface area contributed by atoms with Crippen LogP contribution in [0.15, 0.2) is 41.0 Å². The van der Waals surface area contributed by atoms with E-state index in [1.807, 2.05) is 0 Å². The van der Waals surface area contributed by atoms with E-state index < -0.39 is 42.2 Å². The van der Waals surface area contributed by atoms with Gasteiger partial charge in [0.25, 0.3) is 0 Å². The Labute approximate surface area is 166 Å². The van der Waals surface area contributed by atoms with E-state index in [9.17, 15) is 31.1 Å². The summed E-state index contributed by atoms with van der Waals surface area (Å²) in [5, 5.41) is 5.39. The number of allylic oxidation sites excluding steroid dienone is 2. The first kappa shape index (κ1) is 21.5. The molecule has 2 aliphatic rings. The Morgan fingerprint density at radius 2 is 1.93 bits per heavy atom. The predicted octanol–water partition coefficient (Wildman–Crippen LogP) is 2.56. The molecule has 1 aromatic carbocycles. The lowest BCUT2D eigenvalue weighted by Crippen LogP contribution is -2.41. The van der Waals surface area contributed by atoms with Gasteiger partial charge in [-0.2, -0.15) is 27.1 Å². The number of alkyl halides is 5. The van der Waals surface area contributed by atoms with Gasteiger partial charge in [-0.3, -0.25) is 9.80 Å². The maximum atomic E-state index is 13.6. The fourth-order valence-corrected chi connectivity index (χ4v) is 3.11. The van der Waals surface area contributed by atoms with E-state index >= 15 is 0 Å². The normalized spacial score (nSPS) is 19.1. The van der Waals surface area contributed by atoms with Crippen LogP contribution in [0, 0.1) is 5.82 Å². The lowest BCUT2D eigenvalue weighted by Gasteiger charge is -2.27. The maximum absolute atomic E-state index is 13.6. The van der Waals surface area contributed by atoms with Crippen LogP contribution in [0.25, 0.3) is 5.57 Å². The number of carbonyl (C=O) groups excluding carboxylic acids is 1. The second kappa shape index (κ2) is 7.58. The first-order valence-corrected chi connectivity index (χ1v) is 8.56. The molecule has 0 spiro atoms. The molecule has 0 radical (unpaired) electrons. The zero-order chi connectivity index (χ0) is 22.3. The van der Waals surface area contributed by atoms with Crippen molar-refractivity contribution >= 4 is 17.3 Å². The van der Waals surface area contributed by atoms with Crippen LogP contribution >= 0.6 is 0 Å². The third-order valence-corrected chi connectivity index (χ3v) is 4.56. The average molecular weight is 434 g/mol. The third-order valence-electron chi connectivity index (χ3n) is 4.56. The Balaban J connectivity index is 1.88. The van der Waals surface area contributed by atoms with Gasteiger partial charge in [-0.15, -0.1) is 0 Å². The number of fused-ring (bicyclic) bond motifs is 1. The Morgan fingerprint density at radius 1 is 1.23 bits per heavy atom. The molecule has 1 amide bonds. The van der Waals surface area contributed by atoms with Crippen molar-refractivity contribution in [2.24, 2.45) is 16.6 Å². The summed E-state index contributed by atoms with van der Waals surface area (Å²) >= 11 is 0. The molecule has 1 atom stereocenters. The van der Waals surface area contributed by atoms with E-state index in [-0.39, 0.29) is 24.4 Å². The highest BCUT2D eigenvalue weighted by atomic mass is 19.4. The van der Waals surface area contributed by atoms with Gasteiger partial charge in [0, 0.05) is 17.2 Å². The third kappa shape index (κ3) is 4.21. The van der Waals surface area contributed by atoms with Gasteiger partial charge in [-0.1, -0.05) is 12.2 Å². The molecule has 0 aromatic heterocycles. The van der Waals surface area contributed by atoms with Crippen LogP contribution in [0.3, 0.4) is 0 Å². The fourth-order valence-electron chi connectivity index (χ4n) is 3.11. The van der Waals surface area contributed by atoms with Gasteiger partial charge >= 0.3 is 12.1 Å². The number of nitrogens with two attached hydrogens (primary N) is 2. The fraction of sp³-hybridized carbons (Fsp3) is 0.333. The molecular formula is C18H16F6N4O2. The molecule has 0 saturated heterocycles. The minimum absolute atomic E-state index is 0.120. The van der Waals surface area contributed by atoms with Gasteiger partial charge in [0.15, 0.2) is 6.61 Å². The summed E-state index contributed by atoms with van der Waals surface area (Å²) in [6.45, 7) is -2.24. The number of amides is 1. The first-order chi connectivity index (χ1) is 13.9. The Morgan fingerprint density at radius 3 is 2.57 bits per heavy atom. The van der Waals surface area contributed by atoms with Crippen molar-refractivity contribution in [3.63, 3.8) is 0 Å². The number of rotatable bonds is 6. The molecule has 30 heavy (non-hydrogen) atoms. The molecule has 1 unspecified atom stereocenters. The van der Waals surface area contributed by atoms with Crippen LogP contribution < -0.4 is 16.2 Å². The van der Waals surface area contributed by atoms with Crippen molar-refractivity contribution < 1.29 is 35.9 Å². The topological polar surface area (TPSA) is 93.9 Å². The van der Waals surface area contributed by atoms with Gasteiger partial charge in [-0.25, -0.2) is 4.39 Å². The van der Waals surface area contributed by atoms with E-state index in [1.165, 1.54) is 11.1 Å². The Hall–Kier alpha value is -3.18. The van der Waals surface area contributed by atoms with Crippen LogP contribution in [-0.2, 0) is 4.79 Å². The molecule has 1 heterocycles. The summed E-state index contributed by atoms with van der Waals surface area (Å²) in [7, 11) is 0. The van der Waals surface area contributed by atoms with Crippen LogP contribution in [0.5, 0.6) is 5.75 Å². The second-order valence-corrected chi connectivity index (χ2v) is 6.71. The minimum atomic E-state index is -5.81. The van der Waals surface area contributed by atoms with Crippen molar-refractivity contribution in [3.8, 4) is 5.75 Å². The average Bonchev–Trinajstić information content (AvgIpc) is 2.93. The molecular weight excluding hydrogens is 418 g/mol. The minimum Gasteiger partial charge on any atom is -0.486 e. The summed E-state index contributed by atoms with van der Waals surface area (Å²) in [6, 6.07) is 2.44. The smallest absolute Gasteiger partial charge is 0.456 e. The highest BCUT2D eigenvalue weighted by Gasteiger charge is 2.58. The molecule has 12 heteroatoms. The number of hydrogen-bond acceptors (Lipinski definition) is 5. The lowest BCUT2D eigenvalue weighted by atomic mass is 9.88. The monoisotopic (exact) mass is 434 g/mol. The standard InChI is InChI=1S/C18H16F6N4O2/c19-10-2-4-11(14(6-10)30-8-17(20,21)18(22,23)24)9-1-3-12-13(5-9)28(7-15(25)29)27-16(12)26/h1-4,6,13H,5,7-8H2,(H2,25,29)(H2,26,27). The molecule has 0 bridgehead atoms. The SMILES string of the molecule is NC(=O)CN1N=C(N)C2=CC=C(c3ccc(F)cc3OCC(F)(F)C(F)(F)F)CC21. The van der Waals surface area contributed by atoms with E-state index in [2.05, 4.69) is 9.84 Å². The molecule has 1 aliphatic carbocycles. The second-order valence-electron chi connectivity index (χ2n) is 6.71. The van der Waals surface area contributed by atoms with Gasteiger partial charge in [0.1, 0.15) is 23.9 Å². The van der Waals surface area contributed by atoms with E-state index in [1.54, 1.807) is 12.2 Å². The lowest BCUT2D eigenvalue weighted by molar-refractivity contribution is -0.290. The van der Waals surface area contributed by atoms with Crippen molar-refractivity contribution in [2.75, 3.05) is 13.2 Å². The van der Waals surface area contributed by atoms with Gasteiger partial charge in [0.05, 0.1) is 6.04 Å². The van der Waals surface area contributed by atoms with Gasteiger partial charge < -0.3 is 16.2 Å². The zero-order valence-electron chi connectivity index (χ0n) is 15.2. The summed E-state index contributed by atoms with van der Waals surface area (Å²) in [6.07, 6.45) is -2.54. The van der Waals surface area contributed by atoms with E-state index in [0.717, 1.165) is 12.1 Å². The zero-order valence-corrected chi connectivity index (χ0v) is 15.2. The quantitative estimate of drug-likeness (QED) is 0.673. The van der Waals surface area contributed by atoms with Crippen LogP contribution in [-0.4, -0.2) is 48.0 Å². The first-order valence-electron chi connectivity index (χ1n) is 8.56. The Bertz CT molecular complexity index is 954. The van der Waals surface area contributed by atoms with Crippen LogP contribution in [0.4, 0.5) is 26.3 Å². The molecule has 6 nitrogen and oxygen atoms in total. The largest absolute Gasteiger partial charge is 0.486 e. The summed E-state index contributed by atoms with van der Waals surface area (Å²) in [5.74, 6) is -6.96. The molecule has 162 valence electrons. The van der Waals surface area contributed by atoms with Crippen molar-refractivity contribution in [3.05, 3.63) is 47.3 Å². The van der Waals surface area contributed by atoms with Gasteiger partial charge in [0.2, 0.25) is 5.91 Å². The molecule has 0 fully saturated rings. The summed E-state index contributed by atoms with van der Waals surface area (Å²) in [5.41, 5.74) is 12.2. The molecule has 4 N–H and O–H groups in total. The molecule has 1 aromatic rings.